The molecular formula is C13H26N2S. The summed E-state index contributed by atoms with van der Waals surface area (Å²) in [6.45, 7) is 6.13. The fourth-order valence-corrected chi connectivity index (χ4v) is 4.10. The zero-order valence-electron chi connectivity index (χ0n) is 10.6. The molecule has 2 aliphatic heterocycles. The highest BCUT2D eigenvalue weighted by molar-refractivity contribution is 7.99. The molecule has 2 rings (SSSR count). The minimum absolute atomic E-state index is 0.749. The maximum Gasteiger partial charge on any atom is 0.0195 e. The van der Waals surface area contributed by atoms with E-state index in [9.17, 15) is 0 Å². The highest BCUT2D eigenvalue weighted by Gasteiger charge is 2.25. The van der Waals surface area contributed by atoms with Crippen LogP contribution in [-0.2, 0) is 0 Å². The fourth-order valence-electron chi connectivity index (χ4n) is 2.91. The smallest absolute Gasteiger partial charge is 0.0195 e. The lowest BCUT2D eigenvalue weighted by atomic mass is 10.1. The molecule has 16 heavy (non-hydrogen) atoms. The van der Waals surface area contributed by atoms with Crippen molar-refractivity contribution in [2.45, 2.75) is 51.1 Å². The van der Waals surface area contributed by atoms with Crippen LogP contribution in [0.5, 0.6) is 0 Å². The van der Waals surface area contributed by atoms with Gasteiger partial charge in [0.2, 0.25) is 0 Å². The van der Waals surface area contributed by atoms with Gasteiger partial charge in [-0.2, -0.15) is 11.8 Å². The van der Waals surface area contributed by atoms with E-state index < -0.39 is 0 Å². The quantitative estimate of drug-likeness (QED) is 0.818. The molecule has 0 spiro atoms. The van der Waals surface area contributed by atoms with Gasteiger partial charge in [-0.05, 0) is 44.5 Å². The van der Waals surface area contributed by atoms with Gasteiger partial charge in [-0.15, -0.1) is 0 Å². The molecule has 94 valence electrons. The molecule has 0 amide bonds. The van der Waals surface area contributed by atoms with E-state index in [0.717, 1.165) is 12.1 Å². The van der Waals surface area contributed by atoms with E-state index in [1.165, 1.54) is 63.2 Å². The molecule has 2 heterocycles. The Morgan fingerprint density at radius 1 is 1.38 bits per heavy atom. The van der Waals surface area contributed by atoms with Gasteiger partial charge in [-0.25, -0.2) is 0 Å². The van der Waals surface area contributed by atoms with E-state index in [0.29, 0.717) is 0 Å². The van der Waals surface area contributed by atoms with Gasteiger partial charge < -0.3 is 5.32 Å². The first-order chi connectivity index (χ1) is 7.90. The van der Waals surface area contributed by atoms with Gasteiger partial charge >= 0.3 is 0 Å². The molecule has 0 aromatic carbocycles. The molecule has 0 radical (unpaired) electrons. The molecular weight excluding hydrogens is 216 g/mol. The van der Waals surface area contributed by atoms with Crippen molar-refractivity contribution in [1.82, 2.24) is 10.2 Å². The number of nitrogens with zero attached hydrogens (tertiary/aromatic N) is 1. The fraction of sp³-hybridized carbons (Fsp3) is 1.00. The Bertz CT molecular complexity index is 192. The Balaban J connectivity index is 1.86. The van der Waals surface area contributed by atoms with Crippen LogP contribution in [0, 0.1) is 0 Å². The largest absolute Gasteiger partial charge is 0.313 e. The van der Waals surface area contributed by atoms with Crippen LogP contribution in [0.4, 0.5) is 0 Å². The molecule has 0 aromatic rings. The first kappa shape index (κ1) is 12.7. The minimum Gasteiger partial charge on any atom is -0.313 e. The van der Waals surface area contributed by atoms with Crippen molar-refractivity contribution in [3.8, 4) is 0 Å². The maximum atomic E-state index is 3.70. The van der Waals surface area contributed by atoms with Gasteiger partial charge in [-0.3, -0.25) is 4.90 Å². The van der Waals surface area contributed by atoms with Gasteiger partial charge in [-0.1, -0.05) is 13.3 Å². The van der Waals surface area contributed by atoms with Crippen LogP contribution in [-0.4, -0.2) is 48.1 Å². The summed E-state index contributed by atoms with van der Waals surface area (Å²) < 4.78 is 0. The summed E-state index contributed by atoms with van der Waals surface area (Å²) in [7, 11) is 0. The SMILES string of the molecule is CCCC1CN(C2CCCSC2)CCCN1. The van der Waals surface area contributed by atoms with E-state index >= 15 is 0 Å². The first-order valence-corrected chi connectivity index (χ1v) is 8.11. The molecule has 3 heteroatoms. The Kier molecular flexibility index (Phi) is 5.46. The summed E-state index contributed by atoms with van der Waals surface area (Å²) in [6, 6.07) is 1.62. The number of nitrogens with one attached hydrogen (secondary N) is 1. The summed E-state index contributed by atoms with van der Waals surface area (Å²) in [6.07, 6.45) is 6.85. The van der Waals surface area contributed by atoms with Crippen LogP contribution in [0.3, 0.4) is 0 Å². The van der Waals surface area contributed by atoms with Crippen molar-refractivity contribution >= 4 is 11.8 Å². The highest BCUT2D eigenvalue weighted by Crippen LogP contribution is 2.23. The predicted molar refractivity (Wildman–Crippen MR) is 73.2 cm³/mol. The van der Waals surface area contributed by atoms with Crippen LogP contribution in [0.2, 0.25) is 0 Å². The van der Waals surface area contributed by atoms with Gasteiger partial charge in [0.15, 0.2) is 0 Å². The second-order valence-electron chi connectivity index (χ2n) is 5.16. The second kappa shape index (κ2) is 6.87. The number of hydrogen-bond acceptors (Lipinski definition) is 3. The Morgan fingerprint density at radius 3 is 3.06 bits per heavy atom. The number of thioether (sulfide) groups is 1. The maximum absolute atomic E-state index is 3.70. The van der Waals surface area contributed by atoms with Crippen molar-refractivity contribution in [3.05, 3.63) is 0 Å². The van der Waals surface area contributed by atoms with E-state index in [1.807, 2.05) is 0 Å². The molecule has 0 aliphatic carbocycles. The summed E-state index contributed by atoms with van der Waals surface area (Å²) in [4.78, 5) is 2.77. The summed E-state index contributed by atoms with van der Waals surface area (Å²) in [5.41, 5.74) is 0. The van der Waals surface area contributed by atoms with Crippen LogP contribution in [0.15, 0.2) is 0 Å². The zero-order chi connectivity index (χ0) is 11.2. The average molecular weight is 242 g/mol. The molecule has 0 aromatic heterocycles. The number of rotatable bonds is 3. The van der Waals surface area contributed by atoms with Gasteiger partial charge in [0.05, 0.1) is 0 Å². The highest BCUT2D eigenvalue weighted by atomic mass is 32.2. The lowest BCUT2D eigenvalue weighted by molar-refractivity contribution is 0.193. The minimum atomic E-state index is 0.749. The third-order valence-corrected chi connectivity index (χ3v) is 5.00. The monoisotopic (exact) mass is 242 g/mol. The topological polar surface area (TPSA) is 15.3 Å². The van der Waals surface area contributed by atoms with Crippen molar-refractivity contribution in [3.63, 3.8) is 0 Å². The van der Waals surface area contributed by atoms with E-state index in [2.05, 4.69) is 28.9 Å². The molecule has 2 fully saturated rings. The molecule has 2 saturated heterocycles. The Morgan fingerprint density at radius 2 is 2.31 bits per heavy atom. The molecule has 2 atom stereocenters. The Labute approximate surface area is 105 Å². The van der Waals surface area contributed by atoms with Gasteiger partial charge in [0.1, 0.15) is 0 Å². The third-order valence-electron chi connectivity index (χ3n) is 3.80. The molecule has 0 saturated carbocycles. The van der Waals surface area contributed by atoms with Crippen LogP contribution < -0.4 is 5.32 Å². The lowest BCUT2D eigenvalue weighted by Crippen LogP contribution is -2.44. The van der Waals surface area contributed by atoms with Gasteiger partial charge in [0, 0.05) is 24.4 Å². The predicted octanol–water partition coefficient (Wildman–Crippen LogP) is 2.35. The standard InChI is InChI=1S/C13H26N2S/c1-2-5-12-10-15(8-4-7-14-12)13-6-3-9-16-11-13/h12-14H,2-11H2,1H3. The van der Waals surface area contributed by atoms with Crippen molar-refractivity contribution in [1.29, 1.82) is 0 Å². The summed E-state index contributed by atoms with van der Waals surface area (Å²) in [5.74, 6) is 2.76. The van der Waals surface area contributed by atoms with Crippen molar-refractivity contribution in [2.75, 3.05) is 31.1 Å². The molecule has 2 aliphatic rings. The summed E-state index contributed by atoms with van der Waals surface area (Å²) in [5, 5.41) is 3.70. The first-order valence-electron chi connectivity index (χ1n) is 6.95. The molecule has 2 unspecified atom stereocenters. The van der Waals surface area contributed by atoms with Crippen LogP contribution in [0.25, 0.3) is 0 Å². The lowest BCUT2D eigenvalue weighted by Gasteiger charge is -2.34. The molecule has 1 N–H and O–H groups in total. The van der Waals surface area contributed by atoms with Crippen molar-refractivity contribution < 1.29 is 0 Å². The second-order valence-corrected chi connectivity index (χ2v) is 6.31. The van der Waals surface area contributed by atoms with Crippen molar-refractivity contribution in [2.24, 2.45) is 0 Å². The Hall–Kier alpha value is 0.270. The van der Waals surface area contributed by atoms with Gasteiger partial charge in [0.25, 0.3) is 0 Å². The normalized spacial score (nSPS) is 33.6. The third kappa shape index (κ3) is 3.64. The van der Waals surface area contributed by atoms with E-state index in [-0.39, 0.29) is 0 Å². The van der Waals surface area contributed by atoms with E-state index in [1.54, 1.807) is 0 Å². The van der Waals surface area contributed by atoms with E-state index in [4.69, 9.17) is 0 Å². The zero-order valence-corrected chi connectivity index (χ0v) is 11.4. The summed E-state index contributed by atoms with van der Waals surface area (Å²) >= 11 is 2.16. The van der Waals surface area contributed by atoms with Crippen LogP contribution >= 0.6 is 11.8 Å². The number of hydrogen-bond donors (Lipinski definition) is 1. The molecule has 0 bridgehead atoms. The molecule has 2 nitrogen and oxygen atoms in total. The average Bonchev–Trinajstić information content (AvgIpc) is 2.56. The van der Waals surface area contributed by atoms with Crippen LogP contribution in [0.1, 0.15) is 39.0 Å².